The molecule has 1 saturated carbocycles. The van der Waals surface area contributed by atoms with Crippen molar-refractivity contribution in [1.29, 1.82) is 5.26 Å². The monoisotopic (exact) mass is 172 g/mol. The molecule has 13 heavy (non-hydrogen) atoms. The van der Waals surface area contributed by atoms with Crippen LogP contribution in [0, 0.1) is 23.2 Å². The molecular formula is C11H12N2. The van der Waals surface area contributed by atoms with Crippen LogP contribution < -0.4 is 5.73 Å². The van der Waals surface area contributed by atoms with E-state index < -0.39 is 0 Å². The highest BCUT2D eigenvalue weighted by Gasteiger charge is 2.42. The Morgan fingerprint density at radius 2 is 2.08 bits per heavy atom. The number of nitriles is 1. The summed E-state index contributed by atoms with van der Waals surface area (Å²) in [6.07, 6.45) is 0.965. The van der Waals surface area contributed by atoms with Crippen LogP contribution in [-0.4, -0.2) is 0 Å². The maximum absolute atomic E-state index is 8.67. The summed E-state index contributed by atoms with van der Waals surface area (Å²) >= 11 is 0. The molecule has 0 unspecified atom stereocenters. The molecule has 0 amide bonds. The van der Waals surface area contributed by atoms with Gasteiger partial charge in [-0.3, -0.25) is 0 Å². The van der Waals surface area contributed by atoms with Gasteiger partial charge in [-0.05, 0) is 17.9 Å². The Hall–Kier alpha value is -1.33. The molecule has 0 aliphatic heterocycles. The first-order valence-corrected chi connectivity index (χ1v) is 4.53. The Morgan fingerprint density at radius 1 is 1.38 bits per heavy atom. The third-order valence-corrected chi connectivity index (χ3v) is 2.65. The molecule has 66 valence electrons. The van der Waals surface area contributed by atoms with Crippen molar-refractivity contribution in [3.8, 4) is 6.07 Å². The van der Waals surface area contributed by atoms with Gasteiger partial charge in [-0.15, -0.1) is 0 Å². The lowest BCUT2D eigenvalue weighted by molar-refractivity contribution is 0.611. The summed E-state index contributed by atoms with van der Waals surface area (Å²) in [4.78, 5) is 0. The second-order valence-electron chi connectivity index (χ2n) is 3.57. The Bertz CT molecular complexity index is 326. The number of hydrogen-bond acceptors (Lipinski definition) is 2. The van der Waals surface area contributed by atoms with Crippen LogP contribution in [0.15, 0.2) is 30.3 Å². The second kappa shape index (κ2) is 3.20. The van der Waals surface area contributed by atoms with Crippen molar-refractivity contribution in [2.24, 2.45) is 17.6 Å². The topological polar surface area (TPSA) is 49.8 Å². The quantitative estimate of drug-likeness (QED) is 0.740. The van der Waals surface area contributed by atoms with Crippen molar-refractivity contribution in [3.63, 3.8) is 0 Å². The second-order valence-corrected chi connectivity index (χ2v) is 3.57. The Labute approximate surface area is 78.0 Å². The molecule has 1 aliphatic carbocycles. The van der Waals surface area contributed by atoms with Crippen LogP contribution in [0.1, 0.15) is 18.0 Å². The summed E-state index contributed by atoms with van der Waals surface area (Å²) in [5.41, 5.74) is 7.16. The van der Waals surface area contributed by atoms with Crippen LogP contribution in [0.5, 0.6) is 0 Å². The zero-order valence-corrected chi connectivity index (χ0v) is 7.35. The number of hydrogen-bond donors (Lipinski definition) is 1. The first-order chi connectivity index (χ1) is 6.33. The van der Waals surface area contributed by atoms with Crippen LogP contribution in [0.2, 0.25) is 0 Å². The van der Waals surface area contributed by atoms with Gasteiger partial charge in [-0.2, -0.15) is 5.26 Å². The molecule has 0 heterocycles. The number of benzene rings is 1. The Morgan fingerprint density at radius 3 is 2.62 bits per heavy atom. The van der Waals surface area contributed by atoms with Crippen LogP contribution in [0.25, 0.3) is 0 Å². The summed E-state index contributed by atoms with van der Waals surface area (Å²) < 4.78 is 0. The van der Waals surface area contributed by atoms with Gasteiger partial charge in [-0.1, -0.05) is 30.3 Å². The third kappa shape index (κ3) is 1.56. The molecule has 1 fully saturated rings. The first-order valence-electron chi connectivity index (χ1n) is 4.53. The molecule has 0 saturated heterocycles. The minimum absolute atomic E-state index is 0.0471. The van der Waals surface area contributed by atoms with Crippen LogP contribution in [0.3, 0.4) is 0 Å². The predicted molar refractivity (Wildman–Crippen MR) is 50.6 cm³/mol. The van der Waals surface area contributed by atoms with Gasteiger partial charge in [0.2, 0.25) is 0 Å². The molecule has 0 bridgehead atoms. The lowest BCUT2D eigenvalue weighted by Gasteiger charge is -2.09. The molecule has 2 heteroatoms. The zero-order valence-electron chi connectivity index (χ0n) is 7.35. The van der Waals surface area contributed by atoms with E-state index in [4.69, 9.17) is 11.0 Å². The van der Waals surface area contributed by atoms with Crippen molar-refractivity contribution in [1.82, 2.24) is 0 Å². The zero-order chi connectivity index (χ0) is 9.26. The third-order valence-electron chi connectivity index (χ3n) is 2.65. The molecule has 2 rings (SSSR count). The van der Waals surface area contributed by atoms with E-state index in [1.165, 1.54) is 0 Å². The summed E-state index contributed by atoms with van der Waals surface area (Å²) in [6.45, 7) is 0. The largest absolute Gasteiger partial charge is 0.324 e. The summed E-state index contributed by atoms with van der Waals surface area (Å²) in [6, 6.07) is 12.3. The lowest BCUT2D eigenvalue weighted by Crippen LogP contribution is -2.13. The van der Waals surface area contributed by atoms with Crippen molar-refractivity contribution in [2.75, 3.05) is 0 Å². The average molecular weight is 172 g/mol. The fraction of sp³-hybridized carbons (Fsp3) is 0.364. The molecule has 1 aromatic carbocycles. The summed E-state index contributed by atoms with van der Waals surface area (Å²) in [7, 11) is 0. The van der Waals surface area contributed by atoms with E-state index in [1.807, 2.05) is 30.3 Å². The molecule has 0 spiro atoms. The highest BCUT2D eigenvalue weighted by molar-refractivity contribution is 5.22. The first kappa shape index (κ1) is 8.28. The minimum Gasteiger partial charge on any atom is -0.324 e. The maximum atomic E-state index is 8.67. The number of nitrogens with two attached hydrogens (primary N) is 1. The van der Waals surface area contributed by atoms with Crippen LogP contribution >= 0.6 is 0 Å². The lowest BCUT2D eigenvalue weighted by atomic mass is 10.0. The smallest absolute Gasteiger partial charge is 0.0659 e. The van der Waals surface area contributed by atoms with E-state index in [-0.39, 0.29) is 12.0 Å². The van der Waals surface area contributed by atoms with Gasteiger partial charge < -0.3 is 5.73 Å². The minimum atomic E-state index is 0.0471. The van der Waals surface area contributed by atoms with Crippen molar-refractivity contribution in [3.05, 3.63) is 35.9 Å². The molecule has 2 nitrogen and oxygen atoms in total. The maximum Gasteiger partial charge on any atom is 0.0659 e. The van der Waals surface area contributed by atoms with E-state index in [1.54, 1.807) is 0 Å². The molecular weight excluding hydrogens is 160 g/mol. The van der Waals surface area contributed by atoms with Gasteiger partial charge in [0.05, 0.1) is 12.0 Å². The number of nitrogens with zero attached hydrogens (tertiary/aromatic N) is 1. The van der Waals surface area contributed by atoms with E-state index in [0.717, 1.165) is 12.0 Å². The van der Waals surface area contributed by atoms with E-state index in [9.17, 15) is 0 Å². The van der Waals surface area contributed by atoms with Crippen molar-refractivity contribution in [2.45, 2.75) is 12.5 Å². The Kier molecular flexibility index (Phi) is 2.03. The van der Waals surface area contributed by atoms with Gasteiger partial charge in [0.15, 0.2) is 0 Å². The standard InChI is InChI=1S/C11H12N2/c12-7-9-6-10(9)11(13)8-4-2-1-3-5-8/h1-5,9-11H,6,13H2/t9-,10+,11+/m0/s1. The van der Waals surface area contributed by atoms with Crippen molar-refractivity contribution < 1.29 is 0 Å². The molecule has 2 N–H and O–H groups in total. The van der Waals surface area contributed by atoms with E-state index in [2.05, 4.69) is 6.07 Å². The SMILES string of the molecule is N#C[C@@H]1C[C@H]1[C@H](N)c1ccccc1. The molecule has 0 aromatic heterocycles. The Balaban J connectivity index is 2.08. The van der Waals surface area contributed by atoms with Gasteiger partial charge in [0.25, 0.3) is 0 Å². The van der Waals surface area contributed by atoms with Gasteiger partial charge >= 0.3 is 0 Å². The van der Waals surface area contributed by atoms with Crippen LogP contribution in [-0.2, 0) is 0 Å². The summed E-state index contributed by atoms with van der Waals surface area (Å²) in [5, 5.41) is 8.67. The molecule has 3 atom stereocenters. The molecule has 1 aromatic rings. The fourth-order valence-corrected chi connectivity index (χ4v) is 1.68. The highest BCUT2D eigenvalue weighted by Crippen LogP contribution is 2.45. The average Bonchev–Trinajstić information content (AvgIpc) is 2.97. The normalized spacial score (nSPS) is 27.7. The van der Waals surface area contributed by atoms with Gasteiger partial charge in [-0.25, -0.2) is 0 Å². The predicted octanol–water partition coefficient (Wildman–Crippen LogP) is 1.85. The molecule has 0 radical (unpaired) electrons. The van der Waals surface area contributed by atoms with Crippen LogP contribution in [0.4, 0.5) is 0 Å². The van der Waals surface area contributed by atoms with Gasteiger partial charge in [0, 0.05) is 6.04 Å². The van der Waals surface area contributed by atoms with Crippen molar-refractivity contribution >= 4 is 0 Å². The highest BCUT2D eigenvalue weighted by atomic mass is 14.7. The van der Waals surface area contributed by atoms with E-state index in [0.29, 0.717) is 5.92 Å². The van der Waals surface area contributed by atoms with E-state index >= 15 is 0 Å². The summed E-state index contributed by atoms with van der Waals surface area (Å²) in [5.74, 6) is 0.572. The number of rotatable bonds is 2. The van der Waals surface area contributed by atoms with Gasteiger partial charge in [0.1, 0.15) is 0 Å². The molecule has 1 aliphatic rings. The fourth-order valence-electron chi connectivity index (χ4n) is 1.68.